The summed E-state index contributed by atoms with van der Waals surface area (Å²) in [6.45, 7) is 0. The van der Waals surface area contributed by atoms with Crippen LogP contribution in [0.2, 0.25) is 0 Å². The average Bonchev–Trinajstić information content (AvgIpc) is 3.09. The fourth-order valence-electron chi connectivity index (χ4n) is 1.56. The smallest absolute Gasteiger partial charge is 0.236 e. The molecule has 96 valence electrons. The summed E-state index contributed by atoms with van der Waals surface area (Å²) < 4.78 is 5.47. The number of anilines is 1. The number of rotatable bonds is 4. The van der Waals surface area contributed by atoms with Gasteiger partial charge in [0, 0.05) is 16.8 Å². The third-order valence-electron chi connectivity index (χ3n) is 2.47. The second-order valence-electron chi connectivity index (χ2n) is 3.82. The van der Waals surface area contributed by atoms with Crippen LogP contribution in [0.15, 0.2) is 51.5 Å². The van der Waals surface area contributed by atoms with Crippen LogP contribution in [0.4, 0.5) is 5.69 Å². The molecule has 6 heteroatoms. The highest BCUT2D eigenvalue weighted by Gasteiger charge is 2.08. The number of hydrogen-bond acceptors (Lipinski definition) is 6. The zero-order chi connectivity index (χ0) is 13.1. The molecule has 0 fully saturated rings. The molecule has 3 aromatic heterocycles. The van der Waals surface area contributed by atoms with E-state index < -0.39 is 0 Å². The van der Waals surface area contributed by atoms with E-state index in [0.717, 1.165) is 21.2 Å². The van der Waals surface area contributed by atoms with Crippen molar-refractivity contribution in [1.82, 2.24) is 9.97 Å². The molecule has 0 aliphatic carbocycles. The number of nitrogens with two attached hydrogens (primary N) is 1. The molecule has 0 aliphatic heterocycles. The SMILES string of the molecule is Nc1cnccc1SCc1coc(-c2cccs2)n1. The number of thiophene rings is 1. The summed E-state index contributed by atoms with van der Waals surface area (Å²) in [6, 6.07) is 5.88. The third kappa shape index (κ3) is 2.80. The Hall–Kier alpha value is -1.79. The lowest BCUT2D eigenvalue weighted by atomic mass is 10.4. The van der Waals surface area contributed by atoms with Gasteiger partial charge in [-0.3, -0.25) is 4.98 Å². The Morgan fingerprint density at radius 1 is 1.37 bits per heavy atom. The van der Waals surface area contributed by atoms with Crippen molar-refractivity contribution in [1.29, 1.82) is 0 Å². The van der Waals surface area contributed by atoms with Crippen molar-refractivity contribution in [2.24, 2.45) is 0 Å². The van der Waals surface area contributed by atoms with E-state index in [2.05, 4.69) is 9.97 Å². The van der Waals surface area contributed by atoms with Gasteiger partial charge in [-0.1, -0.05) is 6.07 Å². The van der Waals surface area contributed by atoms with Crippen LogP contribution in [-0.2, 0) is 5.75 Å². The summed E-state index contributed by atoms with van der Waals surface area (Å²) in [5.41, 5.74) is 7.44. The lowest BCUT2D eigenvalue weighted by Gasteiger charge is -2.01. The van der Waals surface area contributed by atoms with Gasteiger partial charge in [0.2, 0.25) is 5.89 Å². The second kappa shape index (κ2) is 5.46. The number of pyridine rings is 1. The molecule has 3 heterocycles. The Labute approximate surface area is 118 Å². The maximum Gasteiger partial charge on any atom is 0.236 e. The highest BCUT2D eigenvalue weighted by molar-refractivity contribution is 7.98. The summed E-state index contributed by atoms with van der Waals surface area (Å²) in [5, 5.41) is 2.01. The van der Waals surface area contributed by atoms with E-state index >= 15 is 0 Å². The van der Waals surface area contributed by atoms with Gasteiger partial charge < -0.3 is 10.2 Å². The monoisotopic (exact) mass is 289 g/mol. The number of aromatic nitrogens is 2. The molecular weight excluding hydrogens is 278 g/mol. The predicted octanol–water partition coefficient (Wildman–Crippen LogP) is 3.67. The van der Waals surface area contributed by atoms with E-state index in [-0.39, 0.29) is 0 Å². The third-order valence-corrected chi connectivity index (χ3v) is 4.45. The first kappa shape index (κ1) is 12.3. The Morgan fingerprint density at radius 2 is 2.32 bits per heavy atom. The van der Waals surface area contributed by atoms with Crippen molar-refractivity contribution in [2.75, 3.05) is 5.73 Å². The Morgan fingerprint density at radius 3 is 3.11 bits per heavy atom. The molecule has 3 rings (SSSR count). The van der Waals surface area contributed by atoms with Crippen LogP contribution in [0.3, 0.4) is 0 Å². The highest BCUT2D eigenvalue weighted by atomic mass is 32.2. The van der Waals surface area contributed by atoms with Crippen molar-refractivity contribution in [3.8, 4) is 10.8 Å². The van der Waals surface area contributed by atoms with E-state index in [0.29, 0.717) is 11.6 Å². The molecule has 0 spiro atoms. The van der Waals surface area contributed by atoms with Gasteiger partial charge in [-0.2, -0.15) is 0 Å². The summed E-state index contributed by atoms with van der Waals surface area (Å²) >= 11 is 3.24. The zero-order valence-corrected chi connectivity index (χ0v) is 11.6. The largest absolute Gasteiger partial charge is 0.444 e. The molecule has 0 aliphatic rings. The predicted molar refractivity (Wildman–Crippen MR) is 78.0 cm³/mol. The van der Waals surface area contributed by atoms with E-state index in [1.54, 1.807) is 41.8 Å². The van der Waals surface area contributed by atoms with Crippen LogP contribution in [-0.4, -0.2) is 9.97 Å². The van der Waals surface area contributed by atoms with Crippen molar-refractivity contribution < 1.29 is 4.42 Å². The second-order valence-corrected chi connectivity index (χ2v) is 5.79. The first-order valence-corrected chi connectivity index (χ1v) is 7.50. The first-order valence-electron chi connectivity index (χ1n) is 5.63. The number of hydrogen-bond donors (Lipinski definition) is 1. The zero-order valence-electron chi connectivity index (χ0n) is 9.95. The lowest BCUT2D eigenvalue weighted by Crippen LogP contribution is -1.90. The molecule has 0 radical (unpaired) electrons. The molecule has 0 aromatic carbocycles. The summed E-state index contributed by atoms with van der Waals surface area (Å²) in [7, 11) is 0. The van der Waals surface area contributed by atoms with Crippen molar-refractivity contribution >= 4 is 28.8 Å². The maximum absolute atomic E-state index is 5.84. The summed E-state index contributed by atoms with van der Waals surface area (Å²) in [6.07, 6.45) is 5.08. The summed E-state index contributed by atoms with van der Waals surface area (Å²) in [4.78, 5) is 10.5. The van der Waals surface area contributed by atoms with Gasteiger partial charge in [-0.25, -0.2) is 4.98 Å². The van der Waals surface area contributed by atoms with Crippen molar-refractivity contribution in [3.63, 3.8) is 0 Å². The van der Waals surface area contributed by atoms with Crippen LogP contribution in [0.25, 0.3) is 10.8 Å². The average molecular weight is 289 g/mol. The molecule has 0 unspecified atom stereocenters. The summed E-state index contributed by atoms with van der Waals surface area (Å²) in [5.74, 6) is 1.40. The highest BCUT2D eigenvalue weighted by Crippen LogP contribution is 2.29. The normalized spacial score (nSPS) is 10.7. The molecule has 0 amide bonds. The molecule has 3 aromatic rings. The van der Waals surface area contributed by atoms with E-state index in [4.69, 9.17) is 10.2 Å². The minimum atomic E-state index is 0.674. The van der Waals surface area contributed by atoms with E-state index in [1.807, 2.05) is 23.6 Å². The number of nitrogen functional groups attached to an aromatic ring is 1. The molecule has 4 nitrogen and oxygen atoms in total. The Kier molecular flexibility index (Phi) is 3.52. The van der Waals surface area contributed by atoms with Crippen LogP contribution in [0, 0.1) is 0 Å². The van der Waals surface area contributed by atoms with Gasteiger partial charge in [-0.05, 0) is 17.5 Å². The van der Waals surface area contributed by atoms with Crippen LogP contribution < -0.4 is 5.73 Å². The maximum atomic E-state index is 5.84. The van der Waals surface area contributed by atoms with Gasteiger partial charge in [-0.15, -0.1) is 23.1 Å². The van der Waals surface area contributed by atoms with Gasteiger partial charge in [0.1, 0.15) is 6.26 Å². The molecule has 0 saturated heterocycles. The van der Waals surface area contributed by atoms with Gasteiger partial charge >= 0.3 is 0 Å². The Bertz CT molecular complexity index is 664. The van der Waals surface area contributed by atoms with Crippen LogP contribution in [0.5, 0.6) is 0 Å². The fourth-order valence-corrected chi connectivity index (χ4v) is 3.03. The molecule has 0 atom stereocenters. The van der Waals surface area contributed by atoms with E-state index in [9.17, 15) is 0 Å². The Balaban J connectivity index is 1.70. The first-order chi connectivity index (χ1) is 9.33. The van der Waals surface area contributed by atoms with Crippen molar-refractivity contribution in [2.45, 2.75) is 10.6 Å². The standard InChI is InChI=1S/C13H11N3OS2/c14-10-6-15-4-3-11(10)19-8-9-7-17-13(16-9)12-2-1-5-18-12/h1-7H,8,14H2. The minimum absolute atomic E-state index is 0.674. The minimum Gasteiger partial charge on any atom is -0.444 e. The van der Waals surface area contributed by atoms with Gasteiger partial charge in [0.15, 0.2) is 0 Å². The quantitative estimate of drug-likeness (QED) is 0.742. The number of thioether (sulfide) groups is 1. The van der Waals surface area contributed by atoms with E-state index in [1.165, 1.54) is 0 Å². The fraction of sp³-hybridized carbons (Fsp3) is 0.0769. The van der Waals surface area contributed by atoms with Crippen LogP contribution >= 0.6 is 23.1 Å². The van der Waals surface area contributed by atoms with Crippen molar-refractivity contribution in [3.05, 3.63) is 47.9 Å². The number of oxazole rings is 1. The van der Waals surface area contributed by atoms with Gasteiger partial charge in [0.05, 0.1) is 22.5 Å². The number of nitrogens with zero attached hydrogens (tertiary/aromatic N) is 2. The molecule has 19 heavy (non-hydrogen) atoms. The van der Waals surface area contributed by atoms with Crippen LogP contribution in [0.1, 0.15) is 5.69 Å². The molecular formula is C13H11N3OS2. The van der Waals surface area contributed by atoms with Gasteiger partial charge in [0.25, 0.3) is 0 Å². The topological polar surface area (TPSA) is 64.9 Å². The molecule has 0 saturated carbocycles. The molecule has 2 N–H and O–H groups in total. The molecule has 0 bridgehead atoms. The lowest BCUT2D eigenvalue weighted by molar-refractivity contribution is 0.575.